The minimum Gasteiger partial charge on any atom is -0.369 e. The van der Waals surface area contributed by atoms with E-state index in [9.17, 15) is 9.59 Å². The van der Waals surface area contributed by atoms with Crippen LogP contribution in [0.4, 0.5) is 0 Å². The third-order valence-electron chi connectivity index (χ3n) is 5.54. The molecule has 2 unspecified atom stereocenters. The number of carbonyl (C=O) groups excluding carboxylic acids is 2. The van der Waals surface area contributed by atoms with E-state index in [2.05, 4.69) is 15.2 Å². The number of aromatic nitrogens is 3. The van der Waals surface area contributed by atoms with Crippen LogP contribution in [0.2, 0.25) is 0 Å². The highest BCUT2D eigenvalue weighted by Gasteiger charge is 2.30. The fourth-order valence-electron chi connectivity index (χ4n) is 3.96. The summed E-state index contributed by atoms with van der Waals surface area (Å²) in [5.74, 6) is 1.22. The monoisotopic (exact) mass is 379 g/mol. The Morgan fingerprint density at radius 2 is 2.08 bits per heavy atom. The Hall–Kier alpha value is -1.57. The van der Waals surface area contributed by atoms with Crippen LogP contribution in [0.25, 0.3) is 0 Å². The van der Waals surface area contributed by atoms with E-state index in [-0.39, 0.29) is 23.0 Å². The average Bonchev–Trinajstić information content (AvgIpc) is 3.31. The molecule has 2 atom stereocenters. The molecule has 7 nitrogen and oxygen atoms in total. The van der Waals surface area contributed by atoms with E-state index < -0.39 is 0 Å². The lowest BCUT2D eigenvalue weighted by molar-refractivity contribution is -0.134. The molecule has 3 N–H and O–H groups in total. The predicted octanol–water partition coefficient (Wildman–Crippen LogP) is 2.13. The molecule has 1 aromatic rings. The Bertz CT molecular complexity index is 629. The van der Waals surface area contributed by atoms with Gasteiger partial charge < -0.3 is 10.6 Å². The van der Waals surface area contributed by atoms with Gasteiger partial charge in [0.2, 0.25) is 17.0 Å². The number of nitrogens with two attached hydrogens (primary N) is 1. The number of amides is 2. The molecule has 3 rings (SSSR count). The lowest BCUT2D eigenvalue weighted by Crippen LogP contribution is -2.46. The molecule has 0 spiro atoms. The summed E-state index contributed by atoms with van der Waals surface area (Å²) in [6.07, 6.45) is 9.06. The number of hydrogen-bond acceptors (Lipinski definition) is 5. The zero-order valence-electron chi connectivity index (χ0n) is 15.4. The van der Waals surface area contributed by atoms with Gasteiger partial charge in [-0.1, -0.05) is 37.4 Å². The van der Waals surface area contributed by atoms with Crippen LogP contribution in [0.15, 0.2) is 5.16 Å². The van der Waals surface area contributed by atoms with Crippen LogP contribution in [-0.2, 0) is 16.0 Å². The molecule has 26 heavy (non-hydrogen) atoms. The van der Waals surface area contributed by atoms with Gasteiger partial charge >= 0.3 is 0 Å². The largest absolute Gasteiger partial charge is 0.369 e. The quantitative estimate of drug-likeness (QED) is 0.706. The zero-order chi connectivity index (χ0) is 18.5. The lowest BCUT2D eigenvalue weighted by atomic mass is 9.97. The summed E-state index contributed by atoms with van der Waals surface area (Å²) in [5, 5.41) is 7.60. The second-order valence-electron chi connectivity index (χ2n) is 7.54. The van der Waals surface area contributed by atoms with Gasteiger partial charge in [0.25, 0.3) is 0 Å². The van der Waals surface area contributed by atoms with Gasteiger partial charge in [-0.2, -0.15) is 0 Å². The Morgan fingerprint density at radius 3 is 2.81 bits per heavy atom. The predicted molar refractivity (Wildman–Crippen MR) is 100 cm³/mol. The van der Waals surface area contributed by atoms with Crippen molar-refractivity contribution < 1.29 is 9.59 Å². The highest BCUT2D eigenvalue weighted by atomic mass is 32.2. The molecule has 1 aliphatic heterocycles. The molecule has 1 saturated carbocycles. The summed E-state index contributed by atoms with van der Waals surface area (Å²) in [4.78, 5) is 30.3. The first kappa shape index (κ1) is 19.2. The molecule has 1 saturated heterocycles. The summed E-state index contributed by atoms with van der Waals surface area (Å²) >= 11 is 1.37. The van der Waals surface area contributed by atoms with Gasteiger partial charge in [0.15, 0.2) is 0 Å². The van der Waals surface area contributed by atoms with Crippen molar-refractivity contribution in [2.24, 2.45) is 17.6 Å². The zero-order valence-corrected chi connectivity index (χ0v) is 16.3. The molecule has 144 valence electrons. The van der Waals surface area contributed by atoms with Gasteiger partial charge in [0.05, 0.1) is 11.2 Å². The summed E-state index contributed by atoms with van der Waals surface area (Å²) in [6.45, 7) is 2.99. The minimum atomic E-state index is -0.316. The fourth-order valence-corrected chi connectivity index (χ4v) is 4.78. The molecule has 2 aliphatic rings. The van der Waals surface area contributed by atoms with E-state index in [4.69, 9.17) is 5.73 Å². The number of nitrogens with zero attached hydrogens (tertiary/aromatic N) is 3. The van der Waals surface area contributed by atoms with Gasteiger partial charge in [0.1, 0.15) is 5.82 Å². The van der Waals surface area contributed by atoms with E-state index in [0.29, 0.717) is 18.2 Å². The smallest absolute Gasteiger partial charge is 0.235 e. The van der Waals surface area contributed by atoms with Gasteiger partial charge in [-0.15, -0.1) is 5.10 Å². The first-order chi connectivity index (χ1) is 12.5. The van der Waals surface area contributed by atoms with E-state index in [1.807, 2.05) is 6.92 Å². The van der Waals surface area contributed by atoms with Crippen LogP contribution >= 0.6 is 11.8 Å². The van der Waals surface area contributed by atoms with Crippen LogP contribution in [0.1, 0.15) is 57.7 Å². The van der Waals surface area contributed by atoms with Crippen molar-refractivity contribution in [3.63, 3.8) is 0 Å². The van der Waals surface area contributed by atoms with E-state index in [0.717, 1.165) is 37.4 Å². The Morgan fingerprint density at radius 1 is 1.31 bits per heavy atom. The van der Waals surface area contributed by atoms with Gasteiger partial charge in [-0.25, -0.2) is 4.98 Å². The second-order valence-corrected chi connectivity index (χ2v) is 8.85. The van der Waals surface area contributed by atoms with Crippen LogP contribution in [-0.4, -0.2) is 50.2 Å². The van der Waals surface area contributed by atoms with Gasteiger partial charge in [-0.3, -0.25) is 14.7 Å². The number of hydrogen-bond donors (Lipinski definition) is 2. The van der Waals surface area contributed by atoms with Crippen LogP contribution in [0.3, 0.4) is 0 Å². The highest BCUT2D eigenvalue weighted by molar-refractivity contribution is 8.00. The maximum atomic E-state index is 12.7. The average molecular weight is 380 g/mol. The molecule has 1 aromatic heterocycles. The number of primary amides is 1. The summed E-state index contributed by atoms with van der Waals surface area (Å²) in [6, 6.07) is 0. The first-order valence-corrected chi connectivity index (χ1v) is 10.6. The second kappa shape index (κ2) is 8.88. The first-order valence-electron chi connectivity index (χ1n) is 9.69. The Kier molecular flexibility index (Phi) is 6.56. The normalized spacial score (nSPS) is 22.5. The molecule has 2 amide bonds. The third kappa shape index (κ3) is 4.99. The highest BCUT2D eigenvalue weighted by Crippen LogP contribution is 2.29. The molecule has 0 bridgehead atoms. The fraction of sp³-hybridized carbons (Fsp3) is 0.778. The number of carbonyl (C=O) groups is 2. The molecule has 2 heterocycles. The number of nitrogens with one attached hydrogen (secondary N) is 1. The number of rotatable bonds is 7. The standard InChI is InChI=1S/C18H29N5O2S/c1-12(17(25)23-10-4-7-14(11-23)16(19)24)26-18-20-15(21-22-18)9-8-13-5-2-3-6-13/h12-14H,2-11H2,1H3,(H2,19,24)(H,20,21,22). The molecule has 0 aromatic carbocycles. The third-order valence-corrected chi connectivity index (χ3v) is 6.49. The van der Waals surface area contributed by atoms with Crippen molar-refractivity contribution in [2.45, 2.75) is 68.7 Å². The molecule has 2 fully saturated rings. The summed E-state index contributed by atoms with van der Waals surface area (Å²) in [7, 11) is 0. The van der Waals surface area contributed by atoms with Crippen molar-refractivity contribution in [1.29, 1.82) is 0 Å². The maximum Gasteiger partial charge on any atom is 0.235 e. The van der Waals surface area contributed by atoms with Crippen molar-refractivity contribution in [3.8, 4) is 0 Å². The maximum absolute atomic E-state index is 12.7. The molecule has 1 aliphatic carbocycles. The minimum absolute atomic E-state index is 0.0262. The van der Waals surface area contributed by atoms with Crippen molar-refractivity contribution in [3.05, 3.63) is 5.82 Å². The number of likely N-dealkylation sites (tertiary alicyclic amines) is 1. The Labute approximate surface area is 158 Å². The Balaban J connectivity index is 1.48. The number of thioether (sulfide) groups is 1. The number of piperidine rings is 1. The molecule has 0 radical (unpaired) electrons. The molecular formula is C18H29N5O2S. The topological polar surface area (TPSA) is 105 Å². The van der Waals surface area contributed by atoms with E-state index in [1.165, 1.54) is 37.4 Å². The molecular weight excluding hydrogens is 350 g/mol. The van der Waals surface area contributed by atoms with Crippen molar-refractivity contribution in [1.82, 2.24) is 20.1 Å². The van der Waals surface area contributed by atoms with Crippen LogP contribution in [0, 0.1) is 11.8 Å². The summed E-state index contributed by atoms with van der Waals surface area (Å²) < 4.78 is 0. The van der Waals surface area contributed by atoms with E-state index >= 15 is 0 Å². The van der Waals surface area contributed by atoms with Crippen molar-refractivity contribution in [2.75, 3.05) is 13.1 Å². The van der Waals surface area contributed by atoms with Crippen LogP contribution < -0.4 is 5.73 Å². The SMILES string of the molecule is CC(Sc1n[nH]c(CCC2CCCC2)n1)C(=O)N1CCCC(C(N)=O)C1. The number of aryl methyl sites for hydroxylation is 1. The lowest BCUT2D eigenvalue weighted by Gasteiger charge is -2.32. The number of H-pyrrole nitrogens is 1. The van der Waals surface area contributed by atoms with Crippen LogP contribution in [0.5, 0.6) is 0 Å². The van der Waals surface area contributed by atoms with Gasteiger partial charge in [0, 0.05) is 19.5 Å². The van der Waals surface area contributed by atoms with E-state index in [1.54, 1.807) is 4.90 Å². The van der Waals surface area contributed by atoms with Gasteiger partial charge in [-0.05, 0) is 32.1 Å². The van der Waals surface area contributed by atoms with Crippen molar-refractivity contribution >= 4 is 23.6 Å². The number of aromatic amines is 1. The summed E-state index contributed by atoms with van der Waals surface area (Å²) in [5.41, 5.74) is 5.40. The molecule has 8 heteroatoms.